The highest BCUT2D eigenvalue weighted by Gasteiger charge is 2.34. The molecule has 1 aliphatic rings. The molecule has 0 aromatic carbocycles. The Balaban J connectivity index is 1.84. The van der Waals surface area contributed by atoms with Gasteiger partial charge in [-0.15, -0.1) is 0 Å². The van der Waals surface area contributed by atoms with Crippen LogP contribution in [0.15, 0.2) is 24.5 Å². The minimum Gasteiger partial charge on any atom is -0.480 e. The van der Waals surface area contributed by atoms with Crippen molar-refractivity contribution in [2.24, 2.45) is 5.92 Å². The SMILES string of the molecule is Cc1ccc2nc(CN3CCCC(C)C3C(=O)O)cn2c1. The lowest BCUT2D eigenvalue weighted by molar-refractivity contribution is -0.147. The van der Waals surface area contributed by atoms with E-state index in [0.29, 0.717) is 6.54 Å². The number of nitrogens with zero attached hydrogens (tertiary/aromatic N) is 3. The summed E-state index contributed by atoms with van der Waals surface area (Å²) in [7, 11) is 0. The summed E-state index contributed by atoms with van der Waals surface area (Å²) >= 11 is 0. The van der Waals surface area contributed by atoms with E-state index in [1.54, 1.807) is 0 Å². The van der Waals surface area contributed by atoms with E-state index < -0.39 is 12.0 Å². The average Bonchev–Trinajstić information content (AvgIpc) is 2.79. The van der Waals surface area contributed by atoms with Crippen LogP contribution in [0.3, 0.4) is 0 Å². The Morgan fingerprint density at radius 3 is 3.00 bits per heavy atom. The van der Waals surface area contributed by atoms with Crippen LogP contribution >= 0.6 is 0 Å². The first-order chi connectivity index (χ1) is 10.0. The first kappa shape index (κ1) is 14.1. The number of fused-ring (bicyclic) bond motifs is 1. The van der Waals surface area contributed by atoms with Gasteiger partial charge < -0.3 is 9.51 Å². The van der Waals surface area contributed by atoms with E-state index in [-0.39, 0.29) is 5.92 Å². The van der Waals surface area contributed by atoms with Crippen LogP contribution in [0, 0.1) is 12.8 Å². The topological polar surface area (TPSA) is 57.8 Å². The molecular weight excluding hydrogens is 266 g/mol. The molecule has 1 fully saturated rings. The van der Waals surface area contributed by atoms with Gasteiger partial charge in [0.15, 0.2) is 0 Å². The molecule has 0 saturated carbocycles. The van der Waals surface area contributed by atoms with Gasteiger partial charge in [-0.25, -0.2) is 4.98 Å². The summed E-state index contributed by atoms with van der Waals surface area (Å²) in [6.07, 6.45) is 6.08. The molecule has 0 amide bonds. The molecule has 2 aromatic heterocycles. The minimum absolute atomic E-state index is 0.190. The quantitative estimate of drug-likeness (QED) is 0.941. The van der Waals surface area contributed by atoms with Gasteiger partial charge in [0.05, 0.1) is 5.69 Å². The third kappa shape index (κ3) is 2.78. The normalized spacial score (nSPS) is 23.5. The van der Waals surface area contributed by atoms with Crippen LogP contribution in [0.4, 0.5) is 0 Å². The molecule has 112 valence electrons. The second kappa shape index (κ2) is 5.48. The van der Waals surface area contributed by atoms with Crippen molar-refractivity contribution < 1.29 is 9.90 Å². The molecule has 2 unspecified atom stereocenters. The van der Waals surface area contributed by atoms with Crippen LogP contribution in [0.5, 0.6) is 0 Å². The fourth-order valence-corrected chi connectivity index (χ4v) is 3.29. The molecule has 0 bridgehead atoms. The summed E-state index contributed by atoms with van der Waals surface area (Å²) in [5.74, 6) is -0.530. The average molecular weight is 287 g/mol. The Morgan fingerprint density at radius 1 is 1.43 bits per heavy atom. The highest BCUT2D eigenvalue weighted by molar-refractivity contribution is 5.74. The van der Waals surface area contributed by atoms with Crippen molar-refractivity contribution >= 4 is 11.6 Å². The van der Waals surface area contributed by atoms with Crippen LogP contribution in [0.1, 0.15) is 31.0 Å². The molecule has 2 atom stereocenters. The summed E-state index contributed by atoms with van der Waals surface area (Å²) in [5.41, 5.74) is 3.02. The first-order valence-corrected chi connectivity index (χ1v) is 7.45. The zero-order valence-corrected chi connectivity index (χ0v) is 12.5. The van der Waals surface area contributed by atoms with E-state index in [0.717, 1.165) is 30.7 Å². The molecule has 21 heavy (non-hydrogen) atoms. The number of imidazole rings is 1. The van der Waals surface area contributed by atoms with Crippen molar-refractivity contribution in [3.8, 4) is 0 Å². The Bertz CT molecular complexity index is 665. The number of rotatable bonds is 3. The first-order valence-electron chi connectivity index (χ1n) is 7.45. The lowest BCUT2D eigenvalue weighted by Gasteiger charge is -2.36. The lowest BCUT2D eigenvalue weighted by Crippen LogP contribution is -2.48. The fraction of sp³-hybridized carbons (Fsp3) is 0.500. The number of pyridine rings is 1. The zero-order valence-electron chi connectivity index (χ0n) is 12.5. The largest absolute Gasteiger partial charge is 0.480 e. The Kier molecular flexibility index (Phi) is 3.68. The number of piperidine rings is 1. The number of likely N-dealkylation sites (tertiary alicyclic amines) is 1. The number of carbonyl (C=O) groups is 1. The van der Waals surface area contributed by atoms with Gasteiger partial charge in [-0.1, -0.05) is 13.0 Å². The standard InChI is InChI=1S/C16H21N3O2/c1-11-5-6-14-17-13(10-19(14)8-11)9-18-7-3-4-12(2)15(18)16(20)21/h5-6,8,10,12,15H,3-4,7,9H2,1-2H3,(H,20,21). The van der Waals surface area contributed by atoms with Gasteiger partial charge in [-0.3, -0.25) is 9.69 Å². The molecule has 1 N–H and O–H groups in total. The molecule has 0 aliphatic carbocycles. The van der Waals surface area contributed by atoms with Gasteiger partial charge in [0.1, 0.15) is 11.7 Å². The zero-order chi connectivity index (χ0) is 15.0. The highest BCUT2D eigenvalue weighted by Crippen LogP contribution is 2.25. The van der Waals surface area contributed by atoms with E-state index in [2.05, 4.69) is 4.98 Å². The predicted molar refractivity (Wildman–Crippen MR) is 80.2 cm³/mol. The van der Waals surface area contributed by atoms with E-state index in [1.165, 1.54) is 5.56 Å². The number of aryl methyl sites for hydroxylation is 1. The summed E-state index contributed by atoms with van der Waals surface area (Å²) in [4.78, 5) is 18.2. The summed E-state index contributed by atoms with van der Waals surface area (Å²) in [6.45, 7) is 5.50. The second-order valence-corrected chi connectivity index (χ2v) is 6.08. The van der Waals surface area contributed by atoms with Crippen molar-refractivity contribution in [2.45, 2.75) is 39.3 Å². The van der Waals surface area contributed by atoms with Gasteiger partial charge in [-0.05, 0) is 43.9 Å². The Labute approximate surface area is 124 Å². The highest BCUT2D eigenvalue weighted by atomic mass is 16.4. The van der Waals surface area contributed by atoms with Crippen LogP contribution in [-0.2, 0) is 11.3 Å². The minimum atomic E-state index is -0.721. The van der Waals surface area contributed by atoms with Crippen molar-refractivity contribution in [1.29, 1.82) is 0 Å². The third-order valence-corrected chi connectivity index (χ3v) is 4.30. The second-order valence-electron chi connectivity index (χ2n) is 6.08. The van der Waals surface area contributed by atoms with Crippen LogP contribution in [-0.4, -0.2) is 37.9 Å². The fourth-order valence-electron chi connectivity index (χ4n) is 3.29. The maximum absolute atomic E-state index is 11.5. The summed E-state index contributed by atoms with van der Waals surface area (Å²) in [6, 6.07) is 3.63. The number of hydrogen-bond acceptors (Lipinski definition) is 3. The Morgan fingerprint density at radius 2 is 2.24 bits per heavy atom. The number of aromatic nitrogens is 2. The molecule has 0 spiro atoms. The van der Waals surface area contributed by atoms with E-state index >= 15 is 0 Å². The predicted octanol–water partition coefficient (Wildman–Crippen LogP) is 2.33. The van der Waals surface area contributed by atoms with Gasteiger partial charge in [-0.2, -0.15) is 0 Å². The molecule has 5 nitrogen and oxygen atoms in total. The van der Waals surface area contributed by atoms with Gasteiger partial charge in [0, 0.05) is 18.9 Å². The van der Waals surface area contributed by atoms with Crippen LogP contribution < -0.4 is 0 Å². The molecule has 5 heteroatoms. The summed E-state index contributed by atoms with van der Waals surface area (Å²) in [5, 5.41) is 9.47. The molecule has 3 rings (SSSR count). The van der Waals surface area contributed by atoms with Crippen molar-refractivity contribution in [3.63, 3.8) is 0 Å². The Hall–Kier alpha value is -1.88. The van der Waals surface area contributed by atoms with Crippen molar-refractivity contribution in [2.75, 3.05) is 6.54 Å². The van der Waals surface area contributed by atoms with E-state index in [1.807, 2.05) is 47.7 Å². The van der Waals surface area contributed by atoms with Crippen LogP contribution in [0.25, 0.3) is 5.65 Å². The van der Waals surface area contributed by atoms with Crippen molar-refractivity contribution in [3.05, 3.63) is 35.8 Å². The third-order valence-electron chi connectivity index (χ3n) is 4.30. The number of hydrogen-bond donors (Lipinski definition) is 1. The smallest absolute Gasteiger partial charge is 0.321 e. The van der Waals surface area contributed by atoms with Gasteiger partial charge in [0.2, 0.25) is 0 Å². The molecule has 3 heterocycles. The van der Waals surface area contributed by atoms with Gasteiger partial charge in [0.25, 0.3) is 0 Å². The lowest BCUT2D eigenvalue weighted by atomic mass is 9.91. The van der Waals surface area contributed by atoms with Gasteiger partial charge >= 0.3 is 5.97 Å². The number of carboxylic acids is 1. The maximum atomic E-state index is 11.5. The molecule has 1 aliphatic heterocycles. The summed E-state index contributed by atoms with van der Waals surface area (Å²) < 4.78 is 2.01. The van der Waals surface area contributed by atoms with Crippen LogP contribution in [0.2, 0.25) is 0 Å². The maximum Gasteiger partial charge on any atom is 0.321 e. The van der Waals surface area contributed by atoms with Crippen molar-refractivity contribution in [1.82, 2.24) is 14.3 Å². The molecule has 1 saturated heterocycles. The molecule has 0 radical (unpaired) electrons. The van der Waals surface area contributed by atoms with E-state index in [4.69, 9.17) is 0 Å². The van der Waals surface area contributed by atoms with E-state index in [9.17, 15) is 9.90 Å². The number of aliphatic carboxylic acids is 1. The monoisotopic (exact) mass is 287 g/mol. The number of carboxylic acid groups (broad SMARTS) is 1. The molecule has 2 aromatic rings. The molecular formula is C16H21N3O2.